The standard InChI is InChI=1S/C16H16N2O2/c1-10-16(19)18-14-8-5-12(9-15(14)20-10)11-3-6-13(17-2)7-4-11/h3-10,17H,1-2H3,(H,18,19). The number of carbonyl (C=O) groups excluding carboxylic acids is 1. The lowest BCUT2D eigenvalue weighted by atomic mass is 10.0. The van der Waals surface area contributed by atoms with Crippen molar-refractivity contribution in [1.29, 1.82) is 0 Å². The molecule has 0 radical (unpaired) electrons. The van der Waals surface area contributed by atoms with Gasteiger partial charge in [-0.25, -0.2) is 0 Å². The summed E-state index contributed by atoms with van der Waals surface area (Å²) in [6.07, 6.45) is -0.454. The van der Waals surface area contributed by atoms with Gasteiger partial charge in [0.15, 0.2) is 6.10 Å². The number of benzene rings is 2. The number of carbonyl (C=O) groups is 1. The molecular weight excluding hydrogens is 252 g/mol. The topological polar surface area (TPSA) is 50.4 Å². The number of hydrogen-bond donors (Lipinski definition) is 2. The molecule has 102 valence electrons. The number of amides is 1. The van der Waals surface area contributed by atoms with Crippen LogP contribution in [-0.4, -0.2) is 19.1 Å². The first-order chi connectivity index (χ1) is 9.67. The Balaban J connectivity index is 1.95. The zero-order valence-electron chi connectivity index (χ0n) is 11.4. The number of hydrogen-bond acceptors (Lipinski definition) is 3. The summed E-state index contributed by atoms with van der Waals surface area (Å²) in [7, 11) is 1.89. The van der Waals surface area contributed by atoms with Gasteiger partial charge in [0.2, 0.25) is 0 Å². The molecule has 2 aromatic carbocycles. The third-order valence-electron chi connectivity index (χ3n) is 3.42. The Morgan fingerprint density at radius 1 is 1.10 bits per heavy atom. The number of rotatable bonds is 2. The fraction of sp³-hybridized carbons (Fsp3) is 0.188. The molecule has 0 saturated heterocycles. The van der Waals surface area contributed by atoms with Crippen LogP contribution in [0.2, 0.25) is 0 Å². The summed E-state index contributed by atoms with van der Waals surface area (Å²) in [6.45, 7) is 1.74. The fourth-order valence-electron chi connectivity index (χ4n) is 2.21. The molecule has 3 rings (SSSR count). The van der Waals surface area contributed by atoms with E-state index in [1.807, 2.05) is 37.4 Å². The van der Waals surface area contributed by atoms with Crippen LogP contribution in [0.25, 0.3) is 11.1 Å². The van der Waals surface area contributed by atoms with Gasteiger partial charge in [0.1, 0.15) is 5.75 Å². The van der Waals surface area contributed by atoms with Crippen molar-refractivity contribution in [3.8, 4) is 16.9 Å². The smallest absolute Gasteiger partial charge is 0.265 e. The van der Waals surface area contributed by atoms with E-state index in [-0.39, 0.29) is 5.91 Å². The quantitative estimate of drug-likeness (QED) is 0.880. The molecule has 0 aliphatic carbocycles. The largest absolute Gasteiger partial charge is 0.479 e. The van der Waals surface area contributed by atoms with E-state index >= 15 is 0 Å². The van der Waals surface area contributed by atoms with Crippen molar-refractivity contribution in [2.24, 2.45) is 0 Å². The SMILES string of the molecule is CNc1ccc(-c2ccc3c(c2)OC(C)C(=O)N3)cc1. The van der Waals surface area contributed by atoms with Gasteiger partial charge in [-0.15, -0.1) is 0 Å². The van der Waals surface area contributed by atoms with Crippen LogP contribution in [-0.2, 0) is 4.79 Å². The second kappa shape index (κ2) is 4.89. The summed E-state index contributed by atoms with van der Waals surface area (Å²) < 4.78 is 5.63. The van der Waals surface area contributed by atoms with Crippen molar-refractivity contribution in [2.75, 3.05) is 17.7 Å². The molecule has 4 heteroatoms. The van der Waals surface area contributed by atoms with E-state index in [2.05, 4.69) is 22.8 Å². The van der Waals surface area contributed by atoms with Crippen molar-refractivity contribution in [3.05, 3.63) is 42.5 Å². The summed E-state index contributed by atoms with van der Waals surface area (Å²) >= 11 is 0. The van der Waals surface area contributed by atoms with Crippen molar-refractivity contribution >= 4 is 17.3 Å². The zero-order valence-corrected chi connectivity index (χ0v) is 11.4. The third kappa shape index (κ3) is 2.20. The fourth-order valence-corrected chi connectivity index (χ4v) is 2.21. The van der Waals surface area contributed by atoms with Crippen LogP contribution in [0.1, 0.15) is 6.92 Å². The lowest BCUT2D eigenvalue weighted by molar-refractivity contribution is -0.122. The molecular formula is C16H16N2O2. The van der Waals surface area contributed by atoms with Gasteiger partial charge in [-0.3, -0.25) is 4.79 Å². The maximum Gasteiger partial charge on any atom is 0.265 e. The summed E-state index contributed by atoms with van der Waals surface area (Å²) in [5.41, 5.74) is 3.97. The normalized spacial score (nSPS) is 16.9. The highest BCUT2D eigenvalue weighted by Crippen LogP contribution is 2.34. The molecule has 0 aromatic heterocycles. The molecule has 0 spiro atoms. The highest BCUT2D eigenvalue weighted by molar-refractivity contribution is 5.98. The lowest BCUT2D eigenvalue weighted by Crippen LogP contribution is -2.34. The Labute approximate surface area is 117 Å². The molecule has 0 saturated carbocycles. The van der Waals surface area contributed by atoms with E-state index in [1.165, 1.54) is 0 Å². The molecule has 2 aromatic rings. The van der Waals surface area contributed by atoms with Crippen LogP contribution in [0.3, 0.4) is 0 Å². The number of ether oxygens (including phenoxy) is 1. The second-order valence-corrected chi connectivity index (χ2v) is 4.79. The molecule has 2 N–H and O–H groups in total. The van der Waals surface area contributed by atoms with Gasteiger partial charge < -0.3 is 15.4 Å². The Hall–Kier alpha value is -2.49. The van der Waals surface area contributed by atoms with Gasteiger partial charge in [0.05, 0.1) is 5.69 Å². The van der Waals surface area contributed by atoms with Crippen molar-refractivity contribution < 1.29 is 9.53 Å². The number of anilines is 2. The molecule has 1 heterocycles. The van der Waals surface area contributed by atoms with Crippen molar-refractivity contribution in [1.82, 2.24) is 0 Å². The predicted octanol–water partition coefficient (Wildman–Crippen LogP) is 3.11. The maximum absolute atomic E-state index is 11.5. The van der Waals surface area contributed by atoms with E-state index in [9.17, 15) is 4.79 Å². The molecule has 1 aliphatic heterocycles. The summed E-state index contributed by atoms with van der Waals surface area (Å²) in [5.74, 6) is 0.607. The predicted molar refractivity (Wildman–Crippen MR) is 80.1 cm³/mol. The molecule has 1 amide bonds. The van der Waals surface area contributed by atoms with Crippen molar-refractivity contribution in [3.63, 3.8) is 0 Å². The Bertz CT molecular complexity index is 650. The van der Waals surface area contributed by atoms with Gasteiger partial charge in [-0.05, 0) is 42.3 Å². The first-order valence-electron chi connectivity index (χ1n) is 6.57. The lowest BCUT2D eigenvalue weighted by Gasteiger charge is -2.23. The van der Waals surface area contributed by atoms with Crippen LogP contribution in [0.4, 0.5) is 11.4 Å². The van der Waals surface area contributed by atoms with E-state index in [0.29, 0.717) is 5.75 Å². The van der Waals surface area contributed by atoms with Crippen LogP contribution >= 0.6 is 0 Å². The minimum atomic E-state index is -0.454. The van der Waals surface area contributed by atoms with Crippen LogP contribution < -0.4 is 15.4 Å². The van der Waals surface area contributed by atoms with E-state index in [0.717, 1.165) is 22.5 Å². The van der Waals surface area contributed by atoms with E-state index in [4.69, 9.17) is 4.74 Å². The summed E-state index contributed by atoms with van der Waals surface area (Å²) in [6, 6.07) is 14.0. The highest BCUT2D eigenvalue weighted by Gasteiger charge is 2.23. The number of nitrogens with one attached hydrogen (secondary N) is 2. The first kappa shape index (κ1) is 12.5. The number of fused-ring (bicyclic) bond motifs is 1. The second-order valence-electron chi connectivity index (χ2n) is 4.79. The van der Waals surface area contributed by atoms with Crippen LogP contribution in [0, 0.1) is 0 Å². The minimum absolute atomic E-state index is 0.108. The summed E-state index contributed by atoms with van der Waals surface area (Å²) in [4.78, 5) is 11.5. The van der Waals surface area contributed by atoms with E-state index < -0.39 is 6.10 Å². The van der Waals surface area contributed by atoms with Gasteiger partial charge in [-0.1, -0.05) is 18.2 Å². The maximum atomic E-state index is 11.5. The van der Waals surface area contributed by atoms with Crippen molar-refractivity contribution in [2.45, 2.75) is 13.0 Å². The molecule has 1 aliphatic rings. The molecule has 0 bridgehead atoms. The molecule has 1 atom stereocenters. The molecule has 1 unspecified atom stereocenters. The molecule has 20 heavy (non-hydrogen) atoms. The highest BCUT2D eigenvalue weighted by atomic mass is 16.5. The van der Waals surface area contributed by atoms with Gasteiger partial charge in [0, 0.05) is 12.7 Å². The average molecular weight is 268 g/mol. The molecule has 4 nitrogen and oxygen atoms in total. The van der Waals surface area contributed by atoms with Gasteiger partial charge in [-0.2, -0.15) is 0 Å². The van der Waals surface area contributed by atoms with Gasteiger partial charge >= 0.3 is 0 Å². The Morgan fingerprint density at radius 2 is 1.80 bits per heavy atom. The monoisotopic (exact) mass is 268 g/mol. The van der Waals surface area contributed by atoms with Crippen LogP contribution in [0.5, 0.6) is 5.75 Å². The molecule has 0 fully saturated rings. The van der Waals surface area contributed by atoms with Gasteiger partial charge in [0.25, 0.3) is 5.91 Å². The third-order valence-corrected chi connectivity index (χ3v) is 3.42. The Kier molecular flexibility index (Phi) is 3.06. The average Bonchev–Trinajstić information content (AvgIpc) is 2.48. The first-order valence-corrected chi connectivity index (χ1v) is 6.57. The Morgan fingerprint density at radius 3 is 2.50 bits per heavy atom. The minimum Gasteiger partial charge on any atom is -0.479 e. The zero-order chi connectivity index (χ0) is 14.1. The van der Waals surface area contributed by atoms with Crippen LogP contribution in [0.15, 0.2) is 42.5 Å². The van der Waals surface area contributed by atoms with E-state index in [1.54, 1.807) is 6.92 Å². The summed E-state index contributed by atoms with van der Waals surface area (Å²) in [5, 5.41) is 5.93.